The Morgan fingerprint density at radius 3 is 2.59 bits per heavy atom. The molecular formula is C19H28N2O. The van der Waals surface area contributed by atoms with Gasteiger partial charge in [0, 0.05) is 24.9 Å². The molecule has 0 aromatic heterocycles. The van der Waals surface area contributed by atoms with Crippen LogP contribution in [0.2, 0.25) is 0 Å². The van der Waals surface area contributed by atoms with Crippen LogP contribution in [0.5, 0.6) is 0 Å². The molecule has 3 heteroatoms. The lowest BCUT2D eigenvalue weighted by molar-refractivity contribution is 0.0401. The molecule has 1 amide bonds. The molecule has 1 N–H and O–H groups in total. The highest BCUT2D eigenvalue weighted by Gasteiger charge is 2.27. The van der Waals surface area contributed by atoms with E-state index in [1.54, 1.807) is 5.01 Å². The van der Waals surface area contributed by atoms with Gasteiger partial charge in [-0.3, -0.25) is 9.80 Å². The Bertz CT molecular complexity index is 547. The first-order valence-electron chi connectivity index (χ1n) is 7.96. The zero-order valence-electron chi connectivity index (χ0n) is 14.5. The second-order valence-electron chi connectivity index (χ2n) is 6.40. The smallest absolute Gasteiger partial charge is 0.268 e. The van der Waals surface area contributed by atoms with Gasteiger partial charge in [-0.05, 0) is 46.2 Å². The number of carbonyl (C=O) groups excluding carboxylic acids is 1. The minimum atomic E-state index is -0.282. The SMILES string of the molecule is CCC#CCCCNN(C(=O)c1cccc(C)c1)C(C)(C)C. The van der Waals surface area contributed by atoms with Gasteiger partial charge >= 0.3 is 0 Å². The third-order valence-corrected chi connectivity index (χ3v) is 3.19. The molecule has 1 aromatic rings. The molecule has 0 saturated carbocycles. The molecule has 0 saturated heterocycles. The van der Waals surface area contributed by atoms with Crippen molar-refractivity contribution in [3.63, 3.8) is 0 Å². The molecule has 0 aliphatic carbocycles. The van der Waals surface area contributed by atoms with Gasteiger partial charge < -0.3 is 0 Å². The van der Waals surface area contributed by atoms with E-state index < -0.39 is 0 Å². The molecule has 0 heterocycles. The van der Waals surface area contributed by atoms with Gasteiger partial charge in [-0.1, -0.05) is 24.6 Å². The Balaban J connectivity index is 2.71. The van der Waals surface area contributed by atoms with Crippen LogP contribution in [-0.2, 0) is 0 Å². The number of carbonyl (C=O) groups is 1. The van der Waals surface area contributed by atoms with Gasteiger partial charge in [-0.15, -0.1) is 11.8 Å². The predicted molar refractivity (Wildman–Crippen MR) is 92.4 cm³/mol. The van der Waals surface area contributed by atoms with Gasteiger partial charge in [0.15, 0.2) is 0 Å². The fourth-order valence-electron chi connectivity index (χ4n) is 2.10. The van der Waals surface area contributed by atoms with Crippen molar-refractivity contribution in [2.45, 2.75) is 59.4 Å². The van der Waals surface area contributed by atoms with Crippen molar-refractivity contribution in [2.75, 3.05) is 6.54 Å². The monoisotopic (exact) mass is 300 g/mol. The van der Waals surface area contributed by atoms with E-state index in [2.05, 4.69) is 17.3 Å². The summed E-state index contributed by atoms with van der Waals surface area (Å²) in [4.78, 5) is 12.7. The van der Waals surface area contributed by atoms with Crippen molar-refractivity contribution < 1.29 is 4.79 Å². The summed E-state index contributed by atoms with van der Waals surface area (Å²) in [6.45, 7) is 10.9. The maximum atomic E-state index is 12.7. The number of nitrogens with one attached hydrogen (secondary N) is 1. The van der Waals surface area contributed by atoms with Crippen LogP contribution in [0.15, 0.2) is 24.3 Å². The third kappa shape index (κ3) is 5.91. The van der Waals surface area contributed by atoms with E-state index in [0.717, 1.165) is 31.4 Å². The number of nitrogens with zero attached hydrogens (tertiary/aromatic N) is 1. The Morgan fingerprint density at radius 1 is 1.27 bits per heavy atom. The summed E-state index contributed by atoms with van der Waals surface area (Å²) < 4.78 is 0. The van der Waals surface area contributed by atoms with Crippen LogP contribution < -0.4 is 5.43 Å². The summed E-state index contributed by atoms with van der Waals surface area (Å²) in [5.41, 5.74) is 4.80. The summed E-state index contributed by atoms with van der Waals surface area (Å²) in [7, 11) is 0. The fraction of sp³-hybridized carbons (Fsp3) is 0.526. The molecule has 1 aromatic carbocycles. The van der Waals surface area contributed by atoms with Crippen LogP contribution >= 0.6 is 0 Å². The number of rotatable bonds is 5. The molecule has 1 rings (SSSR count). The van der Waals surface area contributed by atoms with Crippen LogP contribution in [0, 0.1) is 18.8 Å². The van der Waals surface area contributed by atoms with E-state index in [-0.39, 0.29) is 11.4 Å². The minimum absolute atomic E-state index is 0.0100. The molecule has 0 unspecified atom stereocenters. The molecule has 0 radical (unpaired) electrons. The van der Waals surface area contributed by atoms with E-state index >= 15 is 0 Å². The average molecular weight is 300 g/mol. The first-order chi connectivity index (χ1) is 10.4. The lowest BCUT2D eigenvalue weighted by Crippen LogP contribution is -2.54. The zero-order chi connectivity index (χ0) is 16.6. The van der Waals surface area contributed by atoms with Gasteiger partial charge in [0.25, 0.3) is 5.91 Å². The second-order valence-corrected chi connectivity index (χ2v) is 6.40. The highest BCUT2D eigenvalue weighted by molar-refractivity contribution is 5.94. The molecule has 22 heavy (non-hydrogen) atoms. The fourth-order valence-corrected chi connectivity index (χ4v) is 2.10. The number of amides is 1. The Morgan fingerprint density at radius 2 is 2.00 bits per heavy atom. The number of hydrogen-bond donors (Lipinski definition) is 1. The maximum absolute atomic E-state index is 12.7. The van der Waals surface area contributed by atoms with Gasteiger partial charge in [-0.2, -0.15) is 0 Å². The maximum Gasteiger partial charge on any atom is 0.268 e. The highest BCUT2D eigenvalue weighted by atomic mass is 16.2. The zero-order valence-corrected chi connectivity index (χ0v) is 14.5. The predicted octanol–water partition coefficient (Wildman–Crippen LogP) is 3.93. The first-order valence-corrected chi connectivity index (χ1v) is 7.96. The lowest BCUT2D eigenvalue weighted by atomic mass is 10.1. The second kappa shape index (κ2) is 8.60. The van der Waals surface area contributed by atoms with Gasteiger partial charge in [0.2, 0.25) is 0 Å². The Hall–Kier alpha value is -1.79. The molecule has 0 aliphatic heterocycles. The standard InChI is InChI=1S/C19H28N2O/c1-6-7-8-9-10-14-20-21(19(3,4)5)18(22)17-13-11-12-16(2)15-17/h11-13,15,20H,6,9-10,14H2,1-5H3. The van der Waals surface area contributed by atoms with Crippen molar-refractivity contribution in [2.24, 2.45) is 0 Å². The lowest BCUT2D eigenvalue weighted by Gasteiger charge is -2.36. The minimum Gasteiger partial charge on any atom is -0.269 e. The quantitative estimate of drug-likeness (QED) is 0.507. The summed E-state index contributed by atoms with van der Waals surface area (Å²) in [6, 6.07) is 7.71. The van der Waals surface area contributed by atoms with Gasteiger partial charge in [0.05, 0.1) is 5.54 Å². The topological polar surface area (TPSA) is 32.3 Å². The number of unbranched alkanes of at least 4 members (excludes halogenated alkanes) is 1. The van der Waals surface area contributed by atoms with E-state index in [1.807, 2.05) is 58.9 Å². The molecule has 0 bridgehead atoms. The third-order valence-electron chi connectivity index (χ3n) is 3.19. The van der Waals surface area contributed by atoms with Crippen molar-refractivity contribution in [3.8, 4) is 11.8 Å². The van der Waals surface area contributed by atoms with Crippen LogP contribution in [0.4, 0.5) is 0 Å². The van der Waals surface area contributed by atoms with E-state index in [1.165, 1.54) is 0 Å². The van der Waals surface area contributed by atoms with Crippen molar-refractivity contribution in [1.29, 1.82) is 0 Å². The molecule has 120 valence electrons. The summed E-state index contributed by atoms with van der Waals surface area (Å²) in [5, 5.41) is 1.73. The molecule has 0 atom stereocenters. The Kier molecular flexibility index (Phi) is 7.14. The largest absolute Gasteiger partial charge is 0.269 e. The van der Waals surface area contributed by atoms with Crippen molar-refractivity contribution in [1.82, 2.24) is 10.4 Å². The first kappa shape index (κ1) is 18.3. The number of aryl methyl sites for hydroxylation is 1. The average Bonchev–Trinajstić information content (AvgIpc) is 2.44. The normalized spacial score (nSPS) is 10.8. The van der Waals surface area contributed by atoms with Gasteiger partial charge in [0.1, 0.15) is 0 Å². The van der Waals surface area contributed by atoms with Crippen molar-refractivity contribution >= 4 is 5.91 Å². The number of hydrazine groups is 1. The molecule has 0 fully saturated rings. The number of benzene rings is 1. The summed E-state index contributed by atoms with van der Waals surface area (Å²) >= 11 is 0. The van der Waals surface area contributed by atoms with Crippen LogP contribution in [0.1, 0.15) is 62.9 Å². The highest BCUT2D eigenvalue weighted by Crippen LogP contribution is 2.16. The van der Waals surface area contributed by atoms with Crippen LogP contribution in [0.3, 0.4) is 0 Å². The summed E-state index contributed by atoms with van der Waals surface area (Å²) in [6.07, 6.45) is 2.69. The van der Waals surface area contributed by atoms with E-state index in [4.69, 9.17) is 0 Å². The summed E-state index contributed by atoms with van der Waals surface area (Å²) in [5.74, 6) is 6.20. The molecule has 3 nitrogen and oxygen atoms in total. The number of hydrogen-bond acceptors (Lipinski definition) is 2. The van der Waals surface area contributed by atoms with Crippen LogP contribution in [0.25, 0.3) is 0 Å². The molecular weight excluding hydrogens is 272 g/mol. The van der Waals surface area contributed by atoms with E-state index in [9.17, 15) is 4.79 Å². The van der Waals surface area contributed by atoms with E-state index in [0.29, 0.717) is 5.56 Å². The Labute approximate surface area is 135 Å². The van der Waals surface area contributed by atoms with Gasteiger partial charge in [-0.25, -0.2) is 5.43 Å². The molecule has 0 aliphatic rings. The molecule has 0 spiro atoms. The van der Waals surface area contributed by atoms with Crippen LogP contribution in [-0.4, -0.2) is 23.0 Å². The van der Waals surface area contributed by atoms with Crippen molar-refractivity contribution in [3.05, 3.63) is 35.4 Å².